The van der Waals surface area contributed by atoms with Crippen LogP contribution in [0.5, 0.6) is 0 Å². The maximum atomic E-state index is 12.8. The van der Waals surface area contributed by atoms with E-state index < -0.39 is 5.60 Å². The van der Waals surface area contributed by atoms with Gasteiger partial charge >= 0.3 is 6.09 Å². The fraction of sp³-hybridized carbons (Fsp3) is 0.611. The molecule has 2 aromatic rings. The summed E-state index contributed by atoms with van der Waals surface area (Å²) in [4.78, 5) is 36.6. The fourth-order valence-corrected chi connectivity index (χ4v) is 4.22. The van der Waals surface area contributed by atoms with E-state index >= 15 is 0 Å². The minimum absolute atomic E-state index is 0.0807. The summed E-state index contributed by atoms with van der Waals surface area (Å²) in [6, 6.07) is 0. The molecule has 2 saturated heterocycles. The summed E-state index contributed by atoms with van der Waals surface area (Å²) >= 11 is 0. The smallest absolute Gasteiger partial charge is 0.410 e. The lowest BCUT2D eigenvalue weighted by Gasteiger charge is -2.38. The van der Waals surface area contributed by atoms with Gasteiger partial charge in [0, 0.05) is 31.4 Å². The van der Waals surface area contributed by atoms with Crippen LogP contribution in [0.3, 0.4) is 0 Å². The van der Waals surface area contributed by atoms with Gasteiger partial charge in [0.25, 0.3) is 5.78 Å². The Hall–Kier alpha value is -2.71. The number of amides is 2. The molecule has 2 aliphatic heterocycles. The van der Waals surface area contributed by atoms with E-state index in [1.807, 2.05) is 18.7 Å². The van der Waals surface area contributed by atoms with Gasteiger partial charge in [0.1, 0.15) is 11.9 Å². The van der Waals surface area contributed by atoms with Gasteiger partial charge in [-0.15, -0.1) is 0 Å². The molecule has 4 rings (SSSR count). The highest BCUT2D eigenvalue weighted by Gasteiger charge is 2.47. The van der Waals surface area contributed by atoms with Gasteiger partial charge < -0.3 is 14.5 Å². The first kappa shape index (κ1) is 17.7. The molecule has 1 spiro atoms. The summed E-state index contributed by atoms with van der Waals surface area (Å²) in [5.74, 6) is 0.655. The molecule has 0 unspecified atom stereocenters. The molecule has 9 heteroatoms. The van der Waals surface area contributed by atoms with Crippen molar-refractivity contribution in [3.8, 4) is 0 Å². The van der Waals surface area contributed by atoms with E-state index in [0.717, 1.165) is 29.8 Å². The second kappa shape index (κ2) is 6.47. The minimum Gasteiger partial charge on any atom is -0.439 e. The van der Waals surface area contributed by atoms with Crippen LogP contribution in [-0.2, 0) is 16.0 Å². The van der Waals surface area contributed by atoms with Crippen LogP contribution in [0, 0.1) is 13.8 Å². The molecular formula is C18H24N6O3. The Bertz CT molecular complexity index is 910. The van der Waals surface area contributed by atoms with Crippen molar-refractivity contribution in [1.29, 1.82) is 0 Å². The van der Waals surface area contributed by atoms with Crippen LogP contribution in [0.1, 0.15) is 36.2 Å². The molecule has 2 aromatic heterocycles. The summed E-state index contributed by atoms with van der Waals surface area (Å²) < 4.78 is 7.29. The third-order valence-corrected chi connectivity index (χ3v) is 5.61. The van der Waals surface area contributed by atoms with Crippen molar-refractivity contribution in [3.05, 3.63) is 23.3 Å². The van der Waals surface area contributed by atoms with E-state index in [2.05, 4.69) is 15.1 Å². The van der Waals surface area contributed by atoms with E-state index in [-0.39, 0.29) is 12.0 Å². The van der Waals surface area contributed by atoms with Gasteiger partial charge in [0.15, 0.2) is 0 Å². The second-order valence-corrected chi connectivity index (χ2v) is 7.56. The van der Waals surface area contributed by atoms with Crippen LogP contribution in [0.15, 0.2) is 6.33 Å². The van der Waals surface area contributed by atoms with Gasteiger partial charge in [-0.3, -0.25) is 4.79 Å². The molecule has 2 amide bonds. The monoisotopic (exact) mass is 372 g/mol. The molecule has 2 fully saturated rings. The maximum Gasteiger partial charge on any atom is 0.410 e. The number of likely N-dealkylation sites (N-methyl/N-ethyl adjacent to an activating group) is 1. The number of fused-ring (bicyclic) bond motifs is 1. The average Bonchev–Trinajstić information content (AvgIpc) is 3.19. The predicted molar refractivity (Wildman–Crippen MR) is 96.2 cm³/mol. The number of rotatable bonds is 3. The topological polar surface area (TPSA) is 92.9 Å². The number of aromatic nitrogens is 4. The summed E-state index contributed by atoms with van der Waals surface area (Å²) in [7, 11) is 1.73. The first-order chi connectivity index (χ1) is 12.9. The van der Waals surface area contributed by atoms with Crippen LogP contribution in [-0.4, -0.2) is 73.7 Å². The van der Waals surface area contributed by atoms with Crippen molar-refractivity contribution < 1.29 is 14.3 Å². The number of piperidine rings is 1. The number of hydrogen-bond donors (Lipinski definition) is 0. The van der Waals surface area contributed by atoms with Crippen molar-refractivity contribution in [1.82, 2.24) is 29.4 Å². The van der Waals surface area contributed by atoms with E-state index in [1.54, 1.807) is 16.5 Å². The number of ether oxygens (including phenoxy) is 1. The lowest BCUT2D eigenvalue weighted by molar-refractivity contribution is -0.136. The SMILES string of the molecule is Cc1nc2ncnn2c(C)c1CCC(=O)N1CCC[C@]2(CN(C)C(=O)O2)C1. The number of nitrogens with zero attached hydrogens (tertiary/aromatic N) is 6. The second-order valence-electron chi connectivity index (χ2n) is 7.56. The molecule has 0 aliphatic carbocycles. The summed E-state index contributed by atoms with van der Waals surface area (Å²) in [6.07, 6.45) is 3.82. The highest BCUT2D eigenvalue weighted by Crippen LogP contribution is 2.31. The Kier molecular flexibility index (Phi) is 4.24. The van der Waals surface area contributed by atoms with E-state index in [0.29, 0.717) is 38.3 Å². The fourth-order valence-electron chi connectivity index (χ4n) is 4.22. The highest BCUT2D eigenvalue weighted by atomic mass is 16.6. The van der Waals surface area contributed by atoms with Gasteiger partial charge in [0.2, 0.25) is 5.91 Å². The molecular weight excluding hydrogens is 348 g/mol. The largest absolute Gasteiger partial charge is 0.439 e. The Labute approximate surface area is 157 Å². The summed E-state index contributed by atoms with van der Waals surface area (Å²) in [5, 5.41) is 4.19. The molecule has 0 aromatic carbocycles. The first-order valence-corrected chi connectivity index (χ1v) is 9.26. The third-order valence-electron chi connectivity index (χ3n) is 5.61. The number of carbonyl (C=O) groups is 2. The van der Waals surface area contributed by atoms with Crippen molar-refractivity contribution in [2.24, 2.45) is 0 Å². The van der Waals surface area contributed by atoms with Crippen molar-refractivity contribution in [3.63, 3.8) is 0 Å². The summed E-state index contributed by atoms with van der Waals surface area (Å²) in [5.41, 5.74) is 2.32. The van der Waals surface area contributed by atoms with E-state index in [4.69, 9.17) is 4.74 Å². The average molecular weight is 372 g/mol. The van der Waals surface area contributed by atoms with Crippen molar-refractivity contribution in [2.75, 3.05) is 26.7 Å². The van der Waals surface area contributed by atoms with E-state index in [1.165, 1.54) is 6.33 Å². The molecule has 0 saturated carbocycles. The zero-order valence-electron chi connectivity index (χ0n) is 15.9. The first-order valence-electron chi connectivity index (χ1n) is 9.26. The van der Waals surface area contributed by atoms with Gasteiger partial charge in [0.05, 0.1) is 13.1 Å². The van der Waals surface area contributed by atoms with Gasteiger partial charge in [-0.1, -0.05) is 0 Å². The zero-order valence-corrected chi connectivity index (χ0v) is 15.9. The quantitative estimate of drug-likeness (QED) is 0.801. The normalized spacial score (nSPS) is 22.7. The van der Waals surface area contributed by atoms with Crippen LogP contribution in [0.25, 0.3) is 5.78 Å². The molecule has 27 heavy (non-hydrogen) atoms. The number of hydrogen-bond acceptors (Lipinski definition) is 6. The Balaban J connectivity index is 1.45. The van der Waals surface area contributed by atoms with Crippen LogP contribution in [0.4, 0.5) is 4.79 Å². The maximum absolute atomic E-state index is 12.8. The lowest BCUT2D eigenvalue weighted by Crippen LogP contribution is -2.52. The van der Waals surface area contributed by atoms with Gasteiger partial charge in [-0.25, -0.2) is 14.3 Å². The molecule has 0 bridgehead atoms. The van der Waals surface area contributed by atoms with Crippen LogP contribution in [0.2, 0.25) is 0 Å². The highest BCUT2D eigenvalue weighted by molar-refractivity contribution is 5.77. The molecule has 4 heterocycles. The minimum atomic E-state index is -0.549. The summed E-state index contributed by atoms with van der Waals surface area (Å²) in [6.45, 7) is 5.63. The number of carbonyl (C=O) groups excluding carboxylic acids is 2. The Morgan fingerprint density at radius 1 is 1.33 bits per heavy atom. The van der Waals surface area contributed by atoms with Crippen molar-refractivity contribution in [2.45, 2.75) is 45.1 Å². The predicted octanol–water partition coefficient (Wildman–Crippen LogP) is 1.12. The zero-order chi connectivity index (χ0) is 19.2. The molecule has 9 nitrogen and oxygen atoms in total. The molecule has 0 N–H and O–H groups in total. The lowest BCUT2D eigenvalue weighted by atomic mass is 9.92. The van der Waals surface area contributed by atoms with Gasteiger partial charge in [-0.2, -0.15) is 10.1 Å². The Morgan fingerprint density at radius 3 is 2.89 bits per heavy atom. The molecule has 2 aliphatic rings. The van der Waals surface area contributed by atoms with Crippen molar-refractivity contribution >= 4 is 17.8 Å². The van der Waals surface area contributed by atoms with Gasteiger partial charge in [-0.05, 0) is 38.7 Å². The standard InChI is InChI=1S/C18H24N6O3/c1-12-14(13(2)24-16(21-12)19-11-20-24)5-6-15(25)23-8-4-7-18(10-23)9-22(3)17(26)27-18/h11H,4-10H2,1-3H3/t18-/m0/s1. The number of likely N-dealkylation sites (tertiary alicyclic amines) is 1. The van der Waals surface area contributed by atoms with E-state index in [9.17, 15) is 9.59 Å². The molecule has 144 valence electrons. The van der Waals surface area contributed by atoms with Crippen LogP contribution >= 0.6 is 0 Å². The Morgan fingerprint density at radius 2 is 2.15 bits per heavy atom. The molecule has 1 atom stereocenters. The molecule has 0 radical (unpaired) electrons. The number of aryl methyl sites for hydroxylation is 2. The third kappa shape index (κ3) is 3.11. The van der Waals surface area contributed by atoms with Crippen LogP contribution < -0.4 is 0 Å².